The third kappa shape index (κ3) is 3.65. The second kappa shape index (κ2) is 8.96. The van der Waals surface area contributed by atoms with Gasteiger partial charge in [0.05, 0.1) is 11.5 Å². The van der Waals surface area contributed by atoms with Gasteiger partial charge in [0.25, 0.3) is 0 Å². The van der Waals surface area contributed by atoms with Crippen molar-refractivity contribution in [3.8, 4) is 16.9 Å². The minimum Gasteiger partial charge on any atom is -0.507 e. The standard InChI is InChI=1S/C27H24N2O9/c28-26(37)22-18(32)9-13-7-12-8-16-15(11-1-3-14(4-2-11)29-19(33)10-30)5-6-17(31)21(16)23(34)20(12)24(35)27(13,38)25(22)36/h1-6,12-13,20,22,30-31,38H,7-10H2,(H2,28,37)(H,29,33)/t12-,13+,20?,22?,27+/m1/s1. The van der Waals surface area contributed by atoms with Gasteiger partial charge in [-0.3, -0.25) is 28.8 Å². The van der Waals surface area contributed by atoms with Crippen LogP contribution in [0.5, 0.6) is 5.75 Å². The number of anilines is 1. The molecule has 3 aliphatic rings. The number of benzene rings is 2. The molecule has 0 aromatic heterocycles. The average Bonchev–Trinajstić information content (AvgIpc) is 2.86. The van der Waals surface area contributed by atoms with Crippen molar-refractivity contribution in [3.63, 3.8) is 0 Å². The molecule has 5 rings (SSSR count). The Labute approximate surface area is 215 Å². The number of aromatic hydroxyl groups is 1. The molecule has 3 aliphatic carbocycles. The van der Waals surface area contributed by atoms with Crippen molar-refractivity contribution < 1.29 is 44.1 Å². The topological polar surface area (TPSA) is 201 Å². The third-order valence-corrected chi connectivity index (χ3v) is 7.91. The number of carbonyl (C=O) groups excluding carboxylic acids is 6. The SMILES string of the molecule is NC(=O)C1C(=O)C[C@@H]2C[C@@H]3Cc4c(-c5ccc(NC(=O)CO)cc5)ccc(O)c4C(=O)C3C(=O)[C@]2(O)C1=O. The molecule has 6 N–H and O–H groups in total. The van der Waals surface area contributed by atoms with E-state index in [1.807, 2.05) is 0 Å². The summed E-state index contributed by atoms with van der Waals surface area (Å²) in [5.74, 6) is -11.2. The summed E-state index contributed by atoms with van der Waals surface area (Å²) in [7, 11) is 0. The molecule has 2 aromatic carbocycles. The van der Waals surface area contributed by atoms with E-state index in [-0.39, 0.29) is 24.2 Å². The van der Waals surface area contributed by atoms with E-state index in [1.54, 1.807) is 30.3 Å². The van der Waals surface area contributed by atoms with E-state index in [2.05, 4.69) is 5.32 Å². The number of amides is 2. The third-order valence-electron chi connectivity index (χ3n) is 7.91. The van der Waals surface area contributed by atoms with Gasteiger partial charge in [-0.25, -0.2) is 0 Å². The number of aliphatic hydroxyl groups is 2. The predicted molar refractivity (Wildman–Crippen MR) is 130 cm³/mol. The molecule has 11 nitrogen and oxygen atoms in total. The minimum atomic E-state index is -2.69. The molecule has 0 aliphatic heterocycles. The van der Waals surface area contributed by atoms with Crippen LogP contribution in [0.1, 0.15) is 28.8 Å². The van der Waals surface area contributed by atoms with Gasteiger partial charge < -0.3 is 26.4 Å². The zero-order chi connectivity index (χ0) is 27.5. The molecule has 2 saturated carbocycles. The molecule has 0 heterocycles. The molecule has 0 radical (unpaired) electrons. The van der Waals surface area contributed by atoms with E-state index in [4.69, 9.17) is 10.8 Å². The van der Waals surface area contributed by atoms with Crippen LogP contribution in [0.4, 0.5) is 5.69 Å². The van der Waals surface area contributed by atoms with Gasteiger partial charge in [-0.1, -0.05) is 18.2 Å². The fourth-order valence-electron chi connectivity index (χ4n) is 6.17. The lowest BCUT2D eigenvalue weighted by molar-refractivity contribution is -0.175. The molecule has 2 fully saturated rings. The highest BCUT2D eigenvalue weighted by Crippen LogP contribution is 2.51. The van der Waals surface area contributed by atoms with Crippen LogP contribution < -0.4 is 11.1 Å². The van der Waals surface area contributed by atoms with Gasteiger partial charge >= 0.3 is 0 Å². The zero-order valence-corrected chi connectivity index (χ0v) is 20.0. The monoisotopic (exact) mass is 520 g/mol. The lowest BCUT2D eigenvalue weighted by Crippen LogP contribution is -2.68. The molecule has 5 atom stereocenters. The Balaban J connectivity index is 1.54. The molecular weight excluding hydrogens is 496 g/mol. The molecule has 196 valence electrons. The number of nitrogens with one attached hydrogen (secondary N) is 1. The van der Waals surface area contributed by atoms with Crippen LogP contribution in [0.3, 0.4) is 0 Å². The first-order valence-electron chi connectivity index (χ1n) is 12.0. The van der Waals surface area contributed by atoms with Crippen molar-refractivity contribution in [1.82, 2.24) is 0 Å². The second-order valence-electron chi connectivity index (χ2n) is 10.0. The first-order valence-corrected chi connectivity index (χ1v) is 12.0. The largest absolute Gasteiger partial charge is 0.507 e. The van der Waals surface area contributed by atoms with E-state index >= 15 is 0 Å². The van der Waals surface area contributed by atoms with Crippen molar-refractivity contribution in [1.29, 1.82) is 0 Å². The van der Waals surface area contributed by atoms with Gasteiger partial charge in [-0.2, -0.15) is 0 Å². The summed E-state index contributed by atoms with van der Waals surface area (Å²) in [5.41, 5.74) is 4.58. The molecule has 2 aromatic rings. The molecule has 2 amide bonds. The number of phenolic OH excluding ortho intramolecular Hbond substituents is 1. The molecule has 11 heteroatoms. The first kappa shape index (κ1) is 25.4. The van der Waals surface area contributed by atoms with E-state index in [9.17, 15) is 39.0 Å². The van der Waals surface area contributed by atoms with E-state index < -0.39 is 77.2 Å². The van der Waals surface area contributed by atoms with Gasteiger partial charge in [-0.05, 0) is 53.6 Å². The quantitative estimate of drug-likeness (QED) is 0.342. The van der Waals surface area contributed by atoms with Crippen molar-refractivity contribution >= 4 is 40.6 Å². The number of fused-ring (bicyclic) bond motifs is 3. The summed E-state index contributed by atoms with van der Waals surface area (Å²) in [4.78, 5) is 75.9. The Morgan fingerprint density at radius 2 is 1.68 bits per heavy atom. The Morgan fingerprint density at radius 1 is 1.00 bits per heavy atom. The zero-order valence-electron chi connectivity index (χ0n) is 20.0. The predicted octanol–water partition coefficient (Wildman–Crippen LogP) is -0.0753. The summed E-state index contributed by atoms with van der Waals surface area (Å²) < 4.78 is 0. The number of primary amides is 1. The number of ketones is 4. The van der Waals surface area contributed by atoms with Gasteiger partial charge in [-0.15, -0.1) is 0 Å². The lowest BCUT2D eigenvalue weighted by atomic mass is 9.53. The van der Waals surface area contributed by atoms with E-state index in [1.165, 1.54) is 6.07 Å². The lowest BCUT2D eigenvalue weighted by Gasteiger charge is -2.48. The van der Waals surface area contributed by atoms with Crippen LogP contribution in [-0.2, 0) is 30.4 Å². The first-order chi connectivity index (χ1) is 18.0. The number of aliphatic hydroxyl groups excluding tert-OH is 1. The normalized spacial score (nSPS) is 28.3. The van der Waals surface area contributed by atoms with Crippen molar-refractivity contribution in [3.05, 3.63) is 47.5 Å². The maximum atomic E-state index is 13.6. The number of Topliss-reactive ketones (excluding diaryl/α,β-unsaturated/α-hetero) is 4. The van der Waals surface area contributed by atoms with Gasteiger partial charge in [0.15, 0.2) is 34.7 Å². The maximum absolute atomic E-state index is 13.6. The molecule has 38 heavy (non-hydrogen) atoms. The summed E-state index contributed by atoms with van der Waals surface area (Å²) in [6, 6.07) is 9.51. The Morgan fingerprint density at radius 3 is 2.32 bits per heavy atom. The van der Waals surface area contributed by atoms with Crippen LogP contribution in [0.2, 0.25) is 0 Å². The smallest absolute Gasteiger partial charge is 0.250 e. The molecule has 0 saturated heterocycles. The molecule has 0 bridgehead atoms. The summed E-state index contributed by atoms with van der Waals surface area (Å²) in [6.07, 6.45) is -0.250. The fourth-order valence-corrected chi connectivity index (χ4v) is 6.17. The number of rotatable bonds is 4. The van der Waals surface area contributed by atoms with Crippen molar-refractivity contribution in [2.24, 2.45) is 29.4 Å². The second-order valence-corrected chi connectivity index (χ2v) is 10.0. The maximum Gasteiger partial charge on any atom is 0.250 e. The number of carbonyl (C=O) groups is 6. The van der Waals surface area contributed by atoms with Crippen LogP contribution >= 0.6 is 0 Å². The molecule has 0 spiro atoms. The van der Waals surface area contributed by atoms with Gasteiger partial charge in [0, 0.05) is 18.0 Å². The van der Waals surface area contributed by atoms with Crippen molar-refractivity contribution in [2.75, 3.05) is 11.9 Å². The van der Waals surface area contributed by atoms with Gasteiger partial charge in [0.1, 0.15) is 12.4 Å². The molecule has 2 unspecified atom stereocenters. The Bertz CT molecular complexity index is 1430. The summed E-state index contributed by atoms with van der Waals surface area (Å²) >= 11 is 0. The van der Waals surface area contributed by atoms with Crippen LogP contribution in [0, 0.1) is 23.7 Å². The van der Waals surface area contributed by atoms with Gasteiger partial charge in [0.2, 0.25) is 11.8 Å². The average molecular weight is 520 g/mol. The molecular formula is C27H24N2O9. The van der Waals surface area contributed by atoms with E-state index in [0.29, 0.717) is 22.4 Å². The van der Waals surface area contributed by atoms with Crippen LogP contribution in [0.25, 0.3) is 11.1 Å². The van der Waals surface area contributed by atoms with Crippen molar-refractivity contribution in [2.45, 2.75) is 24.9 Å². The highest BCUT2D eigenvalue weighted by Gasteiger charge is 2.66. The Kier molecular flexibility index (Phi) is 6.00. The number of nitrogens with two attached hydrogens (primary N) is 1. The van der Waals surface area contributed by atoms with Crippen LogP contribution in [-0.4, -0.2) is 62.5 Å². The number of phenols is 1. The fraction of sp³-hybridized carbons (Fsp3) is 0.333. The van der Waals surface area contributed by atoms with E-state index in [0.717, 1.165) is 0 Å². The minimum absolute atomic E-state index is 0.00226. The number of hydrogen-bond acceptors (Lipinski definition) is 9. The number of hydrogen-bond donors (Lipinski definition) is 5. The summed E-state index contributed by atoms with van der Waals surface area (Å²) in [5, 5.41) is 33.3. The summed E-state index contributed by atoms with van der Waals surface area (Å²) in [6.45, 7) is -0.674. The highest BCUT2D eigenvalue weighted by molar-refractivity contribution is 6.31. The highest BCUT2D eigenvalue weighted by atomic mass is 16.3. The Hall–Kier alpha value is -4.22. The van der Waals surface area contributed by atoms with Crippen LogP contribution in [0.15, 0.2) is 36.4 Å².